The van der Waals surface area contributed by atoms with E-state index in [1.54, 1.807) is 21.3 Å². The molecule has 0 spiro atoms. The molecule has 0 aliphatic rings. The van der Waals surface area contributed by atoms with Crippen LogP contribution in [0.4, 0.5) is 0 Å². The Bertz CT molecular complexity index is 438. The molecule has 0 saturated heterocycles. The maximum Gasteiger partial charge on any atom is 0.233 e. The molecule has 0 aromatic heterocycles. The maximum absolute atomic E-state index is 11.5. The zero-order chi connectivity index (χ0) is 15.7. The number of benzene rings is 1. The third-order valence-electron chi connectivity index (χ3n) is 2.91. The molecule has 0 saturated carbocycles. The van der Waals surface area contributed by atoms with Crippen LogP contribution < -0.4 is 24.8 Å². The number of carbonyl (C=O) groups excluding carboxylic acids is 1. The van der Waals surface area contributed by atoms with Gasteiger partial charge in [-0.05, 0) is 24.1 Å². The van der Waals surface area contributed by atoms with E-state index in [1.165, 1.54) is 0 Å². The van der Waals surface area contributed by atoms with Crippen molar-refractivity contribution >= 4 is 5.91 Å². The molecule has 0 radical (unpaired) electrons. The smallest absolute Gasteiger partial charge is 0.233 e. The van der Waals surface area contributed by atoms with Crippen LogP contribution in [-0.2, 0) is 11.3 Å². The zero-order valence-corrected chi connectivity index (χ0v) is 13.1. The number of carbonyl (C=O) groups is 1. The average Bonchev–Trinajstić information content (AvgIpc) is 2.51. The lowest BCUT2D eigenvalue weighted by Crippen LogP contribution is -2.33. The van der Waals surface area contributed by atoms with Crippen LogP contribution in [0.3, 0.4) is 0 Å². The van der Waals surface area contributed by atoms with Crippen molar-refractivity contribution in [3.63, 3.8) is 0 Å². The predicted octanol–water partition coefficient (Wildman–Crippen LogP) is 1.33. The highest BCUT2D eigenvalue weighted by Gasteiger charge is 2.13. The van der Waals surface area contributed by atoms with E-state index in [-0.39, 0.29) is 12.5 Å². The number of hydrogen-bond acceptors (Lipinski definition) is 5. The Balaban J connectivity index is 2.65. The molecule has 0 aliphatic carbocycles. The predicted molar refractivity (Wildman–Crippen MR) is 81.1 cm³/mol. The van der Waals surface area contributed by atoms with E-state index in [4.69, 9.17) is 14.2 Å². The molecule has 0 aliphatic heterocycles. The van der Waals surface area contributed by atoms with Crippen LogP contribution in [0.5, 0.6) is 17.2 Å². The topological polar surface area (TPSA) is 68.8 Å². The van der Waals surface area contributed by atoms with E-state index in [9.17, 15) is 4.79 Å². The number of methoxy groups -OCH3 is 3. The number of hydrogen-bond donors (Lipinski definition) is 2. The third kappa shape index (κ3) is 5.15. The molecule has 0 unspecified atom stereocenters. The Morgan fingerprint density at radius 3 is 2.19 bits per heavy atom. The van der Waals surface area contributed by atoms with Crippen molar-refractivity contribution in [2.45, 2.75) is 19.9 Å². The summed E-state index contributed by atoms with van der Waals surface area (Å²) in [4.78, 5) is 11.5. The second-order valence-corrected chi connectivity index (χ2v) is 4.49. The highest BCUT2D eigenvalue weighted by Crippen LogP contribution is 2.38. The average molecular weight is 296 g/mol. The Morgan fingerprint density at radius 1 is 1.10 bits per heavy atom. The number of amides is 1. The summed E-state index contributed by atoms with van der Waals surface area (Å²) in [6, 6.07) is 3.72. The number of ether oxygens (including phenoxy) is 3. The largest absolute Gasteiger partial charge is 0.493 e. The minimum absolute atomic E-state index is 0.00992. The fourth-order valence-corrected chi connectivity index (χ4v) is 1.88. The van der Waals surface area contributed by atoms with Crippen molar-refractivity contribution in [1.29, 1.82) is 0 Å². The van der Waals surface area contributed by atoms with Crippen LogP contribution in [0.1, 0.15) is 18.9 Å². The normalized spacial score (nSPS) is 10.1. The van der Waals surface area contributed by atoms with Gasteiger partial charge in [0, 0.05) is 13.1 Å². The second kappa shape index (κ2) is 9.07. The van der Waals surface area contributed by atoms with E-state index in [0.29, 0.717) is 30.3 Å². The molecular weight excluding hydrogens is 272 g/mol. The summed E-state index contributed by atoms with van der Waals surface area (Å²) in [7, 11) is 4.72. The van der Waals surface area contributed by atoms with Crippen molar-refractivity contribution in [2.24, 2.45) is 0 Å². The molecule has 1 aromatic rings. The maximum atomic E-state index is 11.5. The number of rotatable bonds is 9. The van der Waals surface area contributed by atoms with Crippen LogP contribution in [0.25, 0.3) is 0 Å². The van der Waals surface area contributed by atoms with Crippen molar-refractivity contribution in [3.8, 4) is 17.2 Å². The molecule has 0 atom stereocenters. The molecule has 2 N–H and O–H groups in total. The highest BCUT2D eigenvalue weighted by molar-refractivity contribution is 5.77. The summed E-state index contributed by atoms with van der Waals surface area (Å²) >= 11 is 0. The minimum Gasteiger partial charge on any atom is -0.493 e. The summed E-state index contributed by atoms with van der Waals surface area (Å²) in [5.41, 5.74) is 0.952. The van der Waals surface area contributed by atoms with E-state index in [0.717, 1.165) is 12.0 Å². The van der Waals surface area contributed by atoms with E-state index < -0.39 is 0 Å². The van der Waals surface area contributed by atoms with Gasteiger partial charge in [-0.3, -0.25) is 4.79 Å². The van der Waals surface area contributed by atoms with E-state index in [2.05, 4.69) is 10.6 Å². The molecule has 6 nitrogen and oxygen atoms in total. The molecule has 1 amide bonds. The van der Waals surface area contributed by atoms with Crippen molar-refractivity contribution in [2.75, 3.05) is 34.4 Å². The van der Waals surface area contributed by atoms with Gasteiger partial charge in [-0.1, -0.05) is 6.92 Å². The van der Waals surface area contributed by atoms with Crippen LogP contribution in [0, 0.1) is 0 Å². The van der Waals surface area contributed by atoms with Gasteiger partial charge in [0.1, 0.15) is 0 Å². The SMILES string of the molecule is CCCNC(=O)CNCc1cc(OC)c(OC)c(OC)c1. The van der Waals surface area contributed by atoms with E-state index >= 15 is 0 Å². The standard InChI is InChI=1S/C15H24N2O4/c1-5-6-17-14(18)10-16-9-11-7-12(19-2)15(21-4)13(8-11)20-3/h7-8,16H,5-6,9-10H2,1-4H3,(H,17,18). The highest BCUT2D eigenvalue weighted by atomic mass is 16.5. The molecule has 1 rings (SSSR count). The first-order valence-electron chi connectivity index (χ1n) is 6.92. The minimum atomic E-state index is -0.00992. The Hall–Kier alpha value is -1.95. The first-order valence-corrected chi connectivity index (χ1v) is 6.92. The lowest BCUT2D eigenvalue weighted by atomic mass is 10.1. The second-order valence-electron chi connectivity index (χ2n) is 4.49. The quantitative estimate of drug-likeness (QED) is 0.719. The van der Waals surface area contributed by atoms with Gasteiger partial charge in [0.05, 0.1) is 27.9 Å². The van der Waals surface area contributed by atoms with Gasteiger partial charge in [0.2, 0.25) is 11.7 Å². The molecule has 21 heavy (non-hydrogen) atoms. The van der Waals surface area contributed by atoms with Crippen LogP contribution in [0.15, 0.2) is 12.1 Å². The van der Waals surface area contributed by atoms with Gasteiger partial charge in [-0.25, -0.2) is 0 Å². The Labute approximate surface area is 125 Å². The summed E-state index contributed by atoms with van der Waals surface area (Å²) < 4.78 is 15.8. The zero-order valence-electron chi connectivity index (χ0n) is 13.1. The molecule has 6 heteroatoms. The molecule has 0 fully saturated rings. The van der Waals surface area contributed by atoms with Crippen LogP contribution >= 0.6 is 0 Å². The third-order valence-corrected chi connectivity index (χ3v) is 2.91. The van der Waals surface area contributed by atoms with Gasteiger partial charge in [0.15, 0.2) is 11.5 Å². The summed E-state index contributed by atoms with van der Waals surface area (Å²) in [5, 5.41) is 5.90. The van der Waals surface area contributed by atoms with Crippen molar-refractivity contribution in [1.82, 2.24) is 10.6 Å². The Kier molecular flexibility index (Phi) is 7.39. The monoisotopic (exact) mass is 296 g/mol. The first kappa shape index (κ1) is 17.1. The van der Waals surface area contributed by atoms with Gasteiger partial charge in [-0.2, -0.15) is 0 Å². The van der Waals surface area contributed by atoms with Crippen molar-refractivity contribution < 1.29 is 19.0 Å². The fraction of sp³-hybridized carbons (Fsp3) is 0.533. The van der Waals surface area contributed by atoms with Gasteiger partial charge in [-0.15, -0.1) is 0 Å². The molecular formula is C15H24N2O4. The molecule has 1 aromatic carbocycles. The molecule has 0 heterocycles. The van der Waals surface area contributed by atoms with Gasteiger partial charge in [0.25, 0.3) is 0 Å². The Morgan fingerprint density at radius 2 is 1.71 bits per heavy atom. The van der Waals surface area contributed by atoms with E-state index in [1.807, 2.05) is 19.1 Å². The summed E-state index contributed by atoms with van der Waals surface area (Å²) in [6.07, 6.45) is 0.929. The van der Waals surface area contributed by atoms with Crippen LogP contribution in [-0.4, -0.2) is 40.3 Å². The lowest BCUT2D eigenvalue weighted by Gasteiger charge is -2.14. The first-order chi connectivity index (χ1) is 10.2. The van der Waals surface area contributed by atoms with Gasteiger partial charge < -0.3 is 24.8 Å². The molecule has 0 bridgehead atoms. The fourth-order valence-electron chi connectivity index (χ4n) is 1.88. The van der Waals surface area contributed by atoms with Gasteiger partial charge >= 0.3 is 0 Å². The van der Waals surface area contributed by atoms with Crippen LogP contribution in [0.2, 0.25) is 0 Å². The number of nitrogens with one attached hydrogen (secondary N) is 2. The van der Waals surface area contributed by atoms with Crippen molar-refractivity contribution in [3.05, 3.63) is 17.7 Å². The lowest BCUT2D eigenvalue weighted by molar-refractivity contribution is -0.120. The molecule has 118 valence electrons. The summed E-state index contributed by atoms with van der Waals surface area (Å²) in [5.74, 6) is 1.75. The summed E-state index contributed by atoms with van der Waals surface area (Å²) in [6.45, 7) is 3.53.